The van der Waals surface area contributed by atoms with Gasteiger partial charge in [-0.25, -0.2) is 4.39 Å². The van der Waals surface area contributed by atoms with E-state index in [-0.39, 0.29) is 11.7 Å². The van der Waals surface area contributed by atoms with Gasteiger partial charge < -0.3 is 11.1 Å². The maximum Gasteiger partial charge on any atom is 0.240 e. The third-order valence-corrected chi connectivity index (χ3v) is 3.50. The van der Waals surface area contributed by atoms with E-state index in [1.165, 1.54) is 12.1 Å². The summed E-state index contributed by atoms with van der Waals surface area (Å²) in [5.74, 6) is -0.923. The molecule has 0 aliphatic carbocycles. The van der Waals surface area contributed by atoms with Crippen molar-refractivity contribution in [2.24, 2.45) is 5.73 Å². The Kier molecular flexibility index (Phi) is 4.58. The van der Waals surface area contributed by atoms with E-state index < -0.39 is 11.9 Å². The number of halogens is 1. The molecule has 0 saturated heterocycles. The minimum absolute atomic E-state index is 0.118. The Morgan fingerprint density at radius 1 is 1.19 bits per heavy atom. The number of benzene rings is 2. The van der Waals surface area contributed by atoms with Gasteiger partial charge in [-0.05, 0) is 36.2 Å². The number of anilines is 1. The van der Waals surface area contributed by atoms with Crippen LogP contribution in [0, 0.1) is 12.7 Å². The molecule has 0 aromatic heterocycles. The van der Waals surface area contributed by atoms with Crippen LogP contribution in [0.3, 0.4) is 0 Å². The molecular formula is C17H19FN2O. The number of rotatable bonds is 5. The summed E-state index contributed by atoms with van der Waals surface area (Å²) in [7, 11) is 0. The first-order valence-corrected chi connectivity index (χ1v) is 6.85. The lowest BCUT2D eigenvalue weighted by Gasteiger charge is -2.24. The molecule has 0 radical (unpaired) electrons. The van der Waals surface area contributed by atoms with Crippen molar-refractivity contribution >= 4 is 11.6 Å². The van der Waals surface area contributed by atoms with Crippen LogP contribution in [0.25, 0.3) is 0 Å². The van der Waals surface area contributed by atoms with Crippen LogP contribution in [0.4, 0.5) is 10.1 Å². The van der Waals surface area contributed by atoms with Gasteiger partial charge in [0.1, 0.15) is 11.9 Å². The van der Waals surface area contributed by atoms with Gasteiger partial charge in [-0.3, -0.25) is 4.79 Å². The zero-order valence-corrected chi connectivity index (χ0v) is 12.1. The summed E-state index contributed by atoms with van der Waals surface area (Å²) < 4.78 is 13.4. The van der Waals surface area contributed by atoms with Gasteiger partial charge in [-0.1, -0.05) is 37.3 Å². The maximum absolute atomic E-state index is 13.4. The highest BCUT2D eigenvalue weighted by Crippen LogP contribution is 2.23. The lowest BCUT2D eigenvalue weighted by Crippen LogP contribution is -2.39. The van der Waals surface area contributed by atoms with E-state index in [4.69, 9.17) is 5.73 Å². The number of hydrogen-bond acceptors (Lipinski definition) is 2. The molecule has 2 unspecified atom stereocenters. The molecule has 0 bridgehead atoms. The molecule has 3 N–H and O–H groups in total. The van der Waals surface area contributed by atoms with Crippen LogP contribution in [-0.2, 0) is 4.79 Å². The average molecular weight is 286 g/mol. The van der Waals surface area contributed by atoms with Crippen molar-refractivity contribution in [2.75, 3.05) is 5.32 Å². The van der Waals surface area contributed by atoms with Gasteiger partial charge in [-0.2, -0.15) is 0 Å². The Morgan fingerprint density at radius 2 is 1.86 bits per heavy atom. The number of aryl methyl sites for hydroxylation is 1. The maximum atomic E-state index is 13.4. The summed E-state index contributed by atoms with van der Waals surface area (Å²) in [5.41, 5.74) is 7.85. The summed E-state index contributed by atoms with van der Waals surface area (Å²) in [6.07, 6.45) is 0. The van der Waals surface area contributed by atoms with E-state index in [0.29, 0.717) is 5.69 Å². The topological polar surface area (TPSA) is 55.1 Å². The quantitative estimate of drug-likeness (QED) is 0.886. The lowest BCUT2D eigenvalue weighted by atomic mass is 9.92. The van der Waals surface area contributed by atoms with Gasteiger partial charge in [0.2, 0.25) is 5.91 Å². The van der Waals surface area contributed by atoms with E-state index in [1.807, 2.05) is 37.3 Å². The van der Waals surface area contributed by atoms with E-state index in [9.17, 15) is 9.18 Å². The smallest absolute Gasteiger partial charge is 0.240 e. The number of amides is 1. The fourth-order valence-corrected chi connectivity index (χ4v) is 2.39. The van der Waals surface area contributed by atoms with Gasteiger partial charge in [0, 0.05) is 11.6 Å². The minimum Gasteiger partial charge on any atom is -0.373 e. The Bertz CT molecular complexity index is 608. The second-order valence-corrected chi connectivity index (χ2v) is 5.24. The molecule has 0 heterocycles. The predicted octanol–water partition coefficient (Wildman–Crippen LogP) is 3.20. The molecule has 0 fully saturated rings. The second kappa shape index (κ2) is 6.39. The van der Waals surface area contributed by atoms with Gasteiger partial charge in [0.25, 0.3) is 0 Å². The summed E-state index contributed by atoms with van der Waals surface area (Å²) in [4.78, 5) is 11.8. The average Bonchev–Trinajstić information content (AvgIpc) is 2.43. The van der Waals surface area contributed by atoms with E-state index >= 15 is 0 Å². The van der Waals surface area contributed by atoms with Gasteiger partial charge >= 0.3 is 0 Å². The van der Waals surface area contributed by atoms with Crippen LogP contribution in [0.15, 0.2) is 48.5 Å². The molecule has 4 heteroatoms. The fraction of sp³-hybridized carbons (Fsp3) is 0.235. The van der Waals surface area contributed by atoms with Crippen molar-refractivity contribution in [3.8, 4) is 0 Å². The SMILES string of the molecule is Cc1cc(F)cc(NC(C(N)=O)C(C)c2ccccc2)c1. The largest absolute Gasteiger partial charge is 0.373 e. The third kappa shape index (κ3) is 3.81. The fourth-order valence-electron chi connectivity index (χ4n) is 2.39. The van der Waals surface area contributed by atoms with Crippen LogP contribution in [-0.4, -0.2) is 11.9 Å². The first kappa shape index (κ1) is 15.0. The van der Waals surface area contributed by atoms with Crippen molar-refractivity contribution in [1.82, 2.24) is 0 Å². The molecule has 2 aromatic rings. The monoisotopic (exact) mass is 286 g/mol. The standard InChI is InChI=1S/C17H19FN2O/c1-11-8-14(18)10-15(9-11)20-16(17(19)21)12(2)13-6-4-3-5-7-13/h3-10,12,16,20H,1-2H3,(H2,19,21). The first-order chi connectivity index (χ1) is 9.97. The van der Waals surface area contributed by atoms with Crippen molar-refractivity contribution in [3.05, 3.63) is 65.5 Å². The number of carbonyl (C=O) groups is 1. The highest BCUT2D eigenvalue weighted by atomic mass is 19.1. The second-order valence-electron chi connectivity index (χ2n) is 5.24. The Morgan fingerprint density at radius 3 is 2.43 bits per heavy atom. The van der Waals surface area contributed by atoms with Gasteiger partial charge in [-0.15, -0.1) is 0 Å². The van der Waals surface area contributed by atoms with E-state index in [1.54, 1.807) is 13.0 Å². The number of nitrogens with two attached hydrogens (primary N) is 1. The van der Waals surface area contributed by atoms with Crippen molar-refractivity contribution in [3.63, 3.8) is 0 Å². The summed E-state index contributed by atoms with van der Waals surface area (Å²) in [6.45, 7) is 3.72. The summed E-state index contributed by atoms with van der Waals surface area (Å²) in [6, 6.07) is 13.6. The zero-order chi connectivity index (χ0) is 15.4. The highest BCUT2D eigenvalue weighted by molar-refractivity contribution is 5.84. The molecule has 21 heavy (non-hydrogen) atoms. The van der Waals surface area contributed by atoms with Crippen LogP contribution in [0.5, 0.6) is 0 Å². The Hall–Kier alpha value is -2.36. The predicted molar refractivity (Wildman–Crippen MR) is 82.6 cm³/mol. The molecule has 110 valence electrons. The summed E-state index contributed by atoms with van der Waals surface area (Å²) in [5, 5.41) is 3.04. The Balaban J connectivity index is 2.25. The third-order valence-electron chi connectivity index (χ3n) is 3.50. The first-order valence-electron chi connectivity index (χ1n) is 6.85. The minimum atomic E-state index is -0.603. The molecule has 0 saturated carbocycles. The molecule has 2 atom stereocenters. The highest BCUT2D eigenvalue weighted by Gasteiger charge is 2.24. The molecule has 0 spiro atoms. The molecule has 3 nitrogen and oxygen atoms in total. The molecular weight excluding hydrogens is 267 g/mol. The number of hydrogen-bond donors (Lipinski definition) is 2. The van der Waals surface area contributed by atoms with Gasteiger partial charge in [0.15, 0.2) is 0 Å². The molecule has 2 rings (SSSR count). The van der Waals surface area contributed by atoms with Crippen LogP contribution in [0.2, 0.25) is 0 Å². The molecule has 2 aromatic carbocycles. The van der Waals surface area contributed by atoms with Gasteiger partial charge in [0.05, 0.1) is 0 Å². The van der Waals surface area contributed by atoms with Crippen LogP contribution < -0.4 is 11.1 Å². The van der Waals surface area contributed by atoms with Crippen LogP contribution in [0.1, 0.15) is 24.0 Å². The van der Waals surface area contributed by atoms with E-state index in [0.717, 1.165) is 11.1 Å². The molecule has 1 amide bonds. The molecule has 0 aliphatic heterocycles. The number of nitrogens with one attached hydrogen (secondary N) is 1. The van der Waals surface area contributed by atoms with E-state index in [2.05, 4.69) is 5.32 Å². The van der Waals surface area contributed by atoms with Crippen molar-refractivity contribution in [2.45, 2.75) is 25.8 Å². The summed E-state index contributed by atoms with van der Waals surface area (Å²) >= 11 is 0. The Labute approximate surface area is 124 Å². The number of carbonyl (C=O) groups excluding carboxylic acids is 1. The van der Waals surface area contributed by atoms with Crippen molar-refractivity contribution < 1.29 is 9.18 Å². The number of primary amides is 1. The van der Waals surface area contributed by atoms with Crippen molar-refractivity contribution in [1.29, 1.82) is 0 Å². The normalized spacial score (nSPS) is 13.5. The zero-order valence-electron chi connectivity index (χ0n) is 12.1. The van der Waals surface area contributed by atoms with Crippen LogP contribution >= 0.6 is 0 Å². The molecule has 0 aliphatic rings. The lowest BCUT2D eigenvalue weighted by molar-refractivity contribution is -0.119.